The Morgan fingerprint density at radius 3 is 2.29 bits per heavy atom. The standard InChI is InChI=1S/C19H24N2/c1-13-9-14(2)11-18(10-13)19(21-20)17-8-4-7-16(12-17)15-5-3-6-15/h4,7-12,15,19,21H,3,5-6,20H2,1-2H3. The lowest BCUT2D eigenvalue weighted by Gasteiger charge is -2.27. The molecule has 0 heterocycles. The van der Waals surface area contributed by atoms with E-state index < -0.39 is 0 Å². The van der Waals surface area contributed by atoms with Crippen molar-refractivity contribution in [3.63, 3.8) is 0 Å². The summed E-state index contributed by atoms with van der Waals surface area (Å²) < 4.78 is 0. The molecule has 2 nitrogen and oxygen atoms in total. The maximum Gasteiger partial charge on any atom is 0.0710 e. The van der Waals surface area contributed by atoms with Gasteiger partial charge in [-0.1, -0.05) is 60.0 Å². The lowest BCUT2D eigenvalue weighted by molar-refractivity contribution is 0.419. The van der Waals surface area contributed by atoms with Crippen molar-refractivity contribution < 1.29 is 0 Å². The first-order chi connectivity index (χ1) is 10.2. The second-order valence-corrected chi connectivity index (χ2v) is 6.32. The van der Waals surface area contributed by atoms with Gasteiger partial charge in [0.2, 0.25) is 0 Å². The summed E-state index contributed by atoms with van der Waals surface area (Å²) in [4.78, 5) is 0. The van der Waals surface area contributed by atoms with Crippen LogP contribution in [0.1, 0.15) is 59.0 Å². The molecule has 1 fully saturated rings. The summed E-state index contributed by atoms with van der Waals surface area (Å²) >= 11 is 0. The number of nitrogens with two attached hydrogens (primary N) is 1. The average Bonchev–Trinajstić information content (AvgIpc) is 2.37. The van der Waals surface area contributed by atoms with Gasteiger partial charge in [-0.3, -0.25) is 5.84 Å². The van der Waals surface area contributed by atoms with Gasteiger partial charge < -0.3 is 0 Å². The van der Waals surface area contributed by atoms with E-state index >= 15 is 0 Å². The minimum atomic E-state index is 0.0589. The Hall–Kier alpha value is -1.64. The van der Waals surface area contributed by atoms with Crippen LogP contribution in [0.2, 0.25) is 0 Å². The molecular formula is C19H24N2. The van der Waals surface area contributed by atoms with Gasteiger partial charge in [0.05, 0.1) is 6.04 Å². The molecule has 1 unspecified atom stereocenters. The third kappa shape index (κ3) is 3.02. The molecule has 1 atom stereocenters. The van der Waals surface area contributed by atoms with E-state index in [4.69, 9.17) is 5.84 Å². The number of hydrogen-bond acceptors (Lipinski definition) is 2. The highest BCUT2D eigenvalue weighted by atomic mass is 15.2. The first kappa shape index (κ1) is 14.3. The minimum absolute atomic E-state index is 0.0589. The third-order valence-corrected chi connectivity index (χ3v) is 4.56. The molecule has 0 aliphatic heterocycles. The van der Waals surface area contributed by atoms with Gasteiger partial charge in [0.1, 0.15) is 0 Å². The van der Waals surface area contributed by atoms with Crippen molar-refractivity contribution in [2.24, 2.45) is 5.84 Å². The number of rotatable bonds is 4. The first-order valence-corrected chi connectivity index (χ1v) is 7.81. The van der Waals surface area contributed by atoms with E-state index in [0.29, 0.717) is 0 Å². The van der Waals surface area contributed by atoms with Gasteiger partial charge in [-0.15, -0.1) is 0 Å². The molecule has 1 aliphatic rings. The van der Waals surface area contributed by atoms with Gasteiger partial charge in [-0.25, -0.2) is 5.43 Å². The number of nitrogens with one attached hydrogen (secondary N) is 1. The molecule has 2 aromatic carbocycles. The SMILES string of the molecule is Cc1cc(C)cc(C(NN)c2cccc(C3CCC3)c2)c1. The zero-order valence-corrected chi connectivity index (χ0v) is 12.9. The maximum atomic E-state index is 5.86. The van der Waals surface area contributed by atoms with E-state index in [1.54, 1.807) is 0 Å². The molecule has 2 heteroatoms. The van der Waals surface area contributed by atoms with E-state index in [0.717, 1.165) is 5.92 Å². The zero-order valence-electron chi connectivity index (χ0n) is 12.9. The van der Waals surface area contributed by atoms with E-state index in [-0.39, 0.29) is 6.04 Å². The summed E-state index contributed by atoms with van der Waals surface area (Å²) in [6.45, 7) is 4.27. The lowest BCUT2D eigenvalue weighted by atomic mass is 9.79. The number of benzene rings is 2. The summed E-state index contributed by atoms with van der Waals surface area (Å²) in [6.07, 6.45) is 4.02. The normalized spacial score (nSPS) is 16.5. The van der Waals surface area contributed by atoms with Gasteiger partial charge in [0.15, 0.2) is 0 Å². The van der Waals surface area contributed by atoms with Crippen molar-refractivity contribution in [1.29, 1.82) is 0 Å². The lowest BCUT2D eigenvalue weighted by Crippen LogP contribution is -2.29. The summed E-state index contributed by atoms with van der Waals surface area (Å²) in [6, 6.07) is 15.6. The molecule has 0 spiro atoms. The topological polar surface area (TPSA) is 38.0 Å². The number of hydrazine groups is 1. The van der Waals surface area contributed by atoms with Crippen molar-refractivity contribution in [3.05, 3.63) is 70.3 Å². The molecule has 1 aliphatic carbocycles. The molecular weight excluding hydrogens is 256 g/mol. The molecule has 0 aromatic heterocycles. The van der Waals surface area contributed by atoms with Crippen LogP contribution in [0, 0.1) is 13.8 Å². The fourth-order valence-electron chi connectivity index (χ4n) is 3.30. The Kier molecular flexibility index (Phi) is 4.09. The van der Waals surface area contributed by atoms with Gasteiger partial charge >= 0.3 is 0 Å². The average molecular weight is 280 g/mol. The van der Waals surface area contributed by atoms with Crippen LogP contribution in [-0.4, -0.2) is 0 Å². The number of aryl methyl sites for hydroxylation is 2. The molecule has 0 bridgehead atoms. The Labute approximate surface area is 127 Å². The predicted octanol–water partition coefficient (Wildman–Crippen LogP) is 4.12. The Morgan fingerprint density at radius 2 is 1.71 bits per heavy atom. The third-order valence-electron chi connectivity index (χ3n) is 4.56. The summed E-state index contributed by atoms with van der Waals surface area (Å²) in [5, 5.41) is 0. The Balaban J connectivity index is 1.95. The number of hydrogen-bond donors (Lipinski definition) is 2. The van der Waals surface area contributed by atoms with E-state index in [1.165, 1.54) is 47.1 Å². The molecule has 1 saturated carbocycles. The van der Waals surface area contributed by atoms with Crippen LogP contribution in [0.4, 0.5) is 0 Å². The molecule has 2 aromatic rings. The Morgan fingerprint density at radius 1 is 1.00 bits per heavy atom. The monoisotopic (exact) mass is 280 g/mol. The molecule has 0 radical (unpaired) electrons. The molecule has 110 valence electrons. The van der Waals surface area contributed by atoms with Crippen LogP contribution in [0.5, 0.6) is 0 Å². The van der Waals surface area contributed by atoms with Crippen LogP contribution in [0.15, 0.2) is 42.5 Å². The molecule has 3 rings (SSSR count). The summed E-state index contributed by atoms with van der Waals surface area (Å²) in [5.74, 6) is 6.61. The van der Waals surface area contributed by atoms with E-state index in [9.17, 15) is 0 Å². The zero-order chi connectivity index (χ0) is 14.8. The summed E-state index contributed by atoms with van der Waals surface area (Å²) in [5.41, 5.74) is 9.50. The molecule has 21 heavy (non-hydrogen) atoms. The highest BCUT2D eigenvalue weighted by Crippen LogP contribution is 2.37. The van der Waals surface area contributed by atoms with E-state index in [1.807, 2.05) is 0 Å². The van der Waals surface area contributed by atoms with Crippen molar-refractivity contribution in [2.75, 3.05) is 0 Å². The van der Waals surface area contributed by atoms with Crippen molar-refractivity contribution >= 4 is 0 Å². The van der Waals surface area contributed by atoms with Gasteiger partial charge in [-0.2, -0.15) is 0 Å². The van der Waals surface area contributed by atoms with Crippen molar-refractivity contribution in [1.82, 2.24) is 5.43 Å². The largest absolute Gasteiger partial charge is 0.271 e. The van der Waals surface area contributed by atoms with Crippen LogP contribution >= 0.6 is 0 Å². The Bertz CT molecular complexity index is 609. The van der Waals surface area contributed by atoms with Crippen molar-refractivity contribution in [3.8, 4) is 0 Å². The second-order valence-electron chi connectivity index (χ2n) is 6.32. The van der Waals surface area contributed by atoms with Crippen LogP contribution < -0.4 is 11.3 Å². The summed E-state index contributed by atoms with van der Waals surface area (Å²) in [7, 11) is 0. The quantitative estimate of drug-likeness (QED) is 0.653. The molecule has 3 N–H and O–H groups in total. The van der Waals surface area contributed by atoms with Crippen LogP contribution in [0.25, 0.3) is 0 Å². The van der Waals surface area contributed by atoms with Crippen molar-refractivity contribution in [2.45, 2.75) is 45.1 Å². The second kappa shape index (κ2) is 6.00. The minimum Gasteiger partial charge on any atom is -0.271 e. The van der Waals surface area contributed by atoms with Crippen LogP contribution in [0.3, 0.4) is 0 Å². The predicted molar refractivity (Wildman–Crippen MR) is 88.1 cm³/mol. The van der Waals surface area contributed by atoms with Gasteiger partial charge in [0, 0.05) is 0 Å². The molecule has 0 amide bonds. The highest BCUT2D eigenvalue weighted by molar-refractivity contribution is 5.39. The molecule has 0 saturated heterocycles. The fourth-order valence-corrected chi connectivity index (χ4v) is 3.30. The van der Waals surface area contributed by atoms with Crippen LogP contribution in [-0.2, 0) is 0 Å². The smallest absolute Gasteiger partial charge is 0.0710 e. The maximum absolute atomic E-state index is 5.86. The van der Waals surface area contributed by atoms with Gasteiger partial charge in [-0.05, 0) is 49.3 Å². The van der Waals surface area contributed by atoms with Gasteiger partial charge in [0.25, 0.3) is 0 Å². The van der Waals surface area contributed by atoms with E-state index in [2.05, 4.69) is 61.7 Å². The first-order valence-electron chi connectivity index (χ1n) is 7.81. The highest BCUT2D eigenvalue weighted by Gasteiger charge is 2.21. The fraction of sp³-hybridized carbons (Fsp3) is 0.368.